The third-order valence-electron chi connectivity index (χ3n) is 5.08. The van der Waals surface area contributed by atoms with Crippen molar-refractivity contribution in [1.82, 2.24) is 14.1 Å². The van der Waals surface area contributed by atoms with Gasteiger partial charge >= 0.3 is 6.18 Å². The van der Waals surface area contributed by atoms with Crippen LogP contribution in [0.15, 0.2) is 41.4 Å². The number of aromatic nitrogens is 2. The van der Waals surface area contributed by atoms with Crippen molar-refractivity contribution in [3.63, 3.8) is 0 Å². The molecule has 2 aromatic rings. The largest absolute Gasteiger partial charge is 0.435 e. The highest BCUT2D eigenvalue weighted by atomic mass is 32.2. The lowest BCUT2D eigenvalue weighted by Gasteiger charge is -2.28. The summed E-state index contributed by atoms with van der Waals surface area (Å²) in [7, 11) is -3.86. The second-order valence-corrected chi connectivity index (χ2v) is 8.99. The SMILES string of the molecule is CC(=O)c1ccc(S(=O)(=O)N(CCn2ccc(C(F)(F)F)n2)C2CCCC2)cc1. The first-order valence-electron chi connectivity index (χ1n) is 9.32. The lowest BCUT2D eigenvalue weighted by Crippen LogP contribution is -2.41. The Kier molecular flexibility index (Phi) is 6.13. The van der Waals surface area contributed by atoms with Crippen LogP contribution in [0.25, 0.3) is 0 Å². The number of benzene rings is 1. The highest BCUT2D eigenvalue weighted by Crippen LogP contribution is 2.30. The van der Waals surface area contributed by atoms with E-state index in [0.717, 1.165) is 23.6 Å². The maximum absolute atomic E-state index is 13.2. The molecule has 3 rings (SSSR count). The molecular weight excluding hydrogens is 407 g/mol. The molecule has 0 unspecified atom stereocenters. The van der Waals surface area contributed by atoms with Gasteiger partial charge in [0.25, 0.3) is 0 Å². The highest BCUT2D eigenvalue weighted by molar-refractivity contribution is 7.89. The van der Waals surface area contributed by atoms with Gasteiger partial charge < -0.3 is 0 Å². The molecule has 0 saturated heterocycles. The van der Waals surface area contributed by atoms with Gasteiger partial charge in [-0.1, -0.05) is 25.0 Å². The van der Waals surface area contributed by atoms with Crippen LogP contribution < -0.4 is 0 Å². The van der Waals surface area contributed by atoms with Crippen LogP contribution in [0, 0.1) is 0 Å². The number of hydrogen-bond acceptors (Lipinski definition) is 4. The molecule has 10 heteroatoms. The first-order chi connectivity index (χ1) is 13.6. The number of carbonyl (C=O) groups excluding carboxylic acids is 1. The van der Waals surface area contributed by atoms with E-state index in [2.05, 4.69) is 5.10 Å². The number of ketones is 1. The standard InChI is InChI=1S/C19H22F3N3O3S/c1-14(26)15-6-8-17(9-7-15)29(27,28)25(16-4-2-3-5-16)13-12-24-11-10-18(23-24)19(20,21)22/h6-11,16H,2-5,12-13H2,1H3. The van der Waals surface area contributed by atoms with Crippen LogP contribution in [0.1, 0.15) is 48.7 Å². The fraction of sp³-hybridized carbons (Fsp3) is 0.474. The number of halogens is 3. The van der Waals surface area contributed by atoms with Gasteiger partial charge in [-0.25, -0.2) is 8.42 Å². The van der Waals surface area contributed by atoms with Crippen LogP contribution >= 0.6 is 0 Å². The van der Waals surface area contributed by atoms with Crippen molar-refractivity contribution in [2.45, 2.75) is 56.3 Å². The molecule has 0 spiro atoms. The Morgan fingerprint density at radius 1 is 1.17 bits per heavy atom. The number of Topliss-reactive ketones (excluding diaryl/α,β-unsaturated/α-hetero) is 1. The zero-order valence-electron chi connectivity index (χ0n) is 15.9. The summed E-state index contributed by atoms with van der Waals surface area (Å²) in [4.78, 5) is 11.5. The number of alkyl halides is 3. The molecule has 1 aromatic heterocycles. The van der Waals surface area contributed by atoms with Crippen LogP contribution in [0.3, 0.4) is 0 Å². The van der Waals surface area contributed by atoms with Crippen molar-refractivity contribution in [2.24, 2.45) is 0 Å². The molecule has 1 aliphatic carbocycles. The molecule has 1 heterocycles. The smallest absolute Gasteiger partial charge is 0.295 e. The first-order valence-corrected chi connectivity index (χ1v) is 10.8. The molecule has 0 aliphatic heterocycles. The van der Waals surface area contributed by atoms with Crippen LogP contribution in [0.4, 0.5) is 13.2 Å². The molecule has 0 N–H and O–H groups in total. The molecule has 1 aliphatic rings. The Bertz CT molecular complexity index is 963. The number of hydrogen-bond donors (Lipinski definition) is 0. The molecule has 1 saturated carbocycles. The highest BCUT2D eigenvalue weighted by Gasteiger charge is 2.35. The minimum Gasteiger partial charge on any atom is -0.295 e. The minimum atomic E-state index is -4.54. The molecular formula is C19H22F3N3O3S. The van der Waals surface area contributed by atoms with E-state index >= 15 is 0 Å². The summed E-state index contributed by atoms with van der Waals surface area (Å²) in [5, 5.41) is 3.50. The summed E-state index contributed by atoms with van der Waals surface area (Å²) >= 11 is 0. The van der Waals surface area contributed by atoms with Crippen LogP contribution in [-0.2, 0) is 22.7 Å². The van der Waals surface area contributed by atoms with Crippen LogP contribution in [0.2, 0.25) is 0 Å². The average molecular weight is 429 g/mol. The van der Waals surface area contributed by atoms with Crippen LogP contribution in [0.5, 0.6) is 0 Å². The number of carbonyl (C=O) groups is 1. The van der Waals surface area contributed by atoms with E-state index in [1.165, 1.54) is 41.7 Å². The summed E-state index contributed by atoms with van der Waals surface area (Å²) in [6, 6.07) is 6.38. The molecule has 158 valence electrons. The van der Waals surface area contributed by atoms with E-state index in [1.807, 2.05) is 0 Å². The third-order valence-corrected chi connectivity index (χ3v) is 7.05. The molecule has 6 nitrogen and oxygen atoms in total. The Balaban J connectivity index is 1.82. The molecule has 1 aromatic carbocycles. The van der Waals surface area contributed by atoms with Gasteiger partial charge in [-0.2, -0.15) is 22.6 Å². The summed E-state index contributed by atoms with van der Waals surface area (Å²) in [6.45, 7) is 1.42. The van der Waals surface area contributed by atoms with Gasteiger partial charge in [0.2, 0.25) is 10.0 Å². The van der Waals surface area contributed by atoms with E-state index < -0.39 is 21.9 Å². The zero-order valence-corrected chi connectivity index (χ0v) is 16.7. The van der Waals surface area contributed by atoms with Gasteiger partial charge in [0, 0.05) is 24.3 Å². The summed E-state index contributed by atoms with van der Waals surface area (Å²) < 4.78 is 67.1. The van der Waals surface area contributed by atoms with Gasteiger partial charge in [0.15, 0.2) is 11.5 Å². The number of sulfonamides is 1. The Morgan fingerprint density at radius 3 is 2.31 bits per heavy atom. The van der Waals surface area contributed by atoms with E-state index in [0.29, 0.717) is 18.4 Å². The molecule has 29 heavy (non-hydrogen) atoms. The molecule has 0 atom stereocenters. The quantitative estimate of drug-likeness (QED) is 0.629. The van der Waals surface area contributed by atoms with Crippen LogP contribution in [-0.4, -0.2) is 40.9 Å². The topological polar surface area (TPSA) is 72.3 Å². The Labute approximate surface area is 167 Å². The van der Waals surface area contributed by atoms with Crippen molar-refractivity contribution in [1.29, 1.82) is 0 Å². The van der Waals surface area contributed by atoms with E-state index in [-0.39, 0.29) is 29.8 Å². The predicted molar refractivity (Wildman–Crippen MR) is 99.8 cm³/mol. The van der Waals surface area contributed by atoms with Crippen molar-refractivity contribution in [2.75, 3.05) is 6.54 Å². The van der Waals surface area contributed by atoms with Crippen molar-refractivity contribution < 1.29 is 26.4 Å². The first kappa shape index (κ1) is 21.5. The zero-order chi connectivity index (χ0) is 21.2. The monoisotopic (exact) mass is 429 g/mol. The number of nitrogens with zero attached hydrogens (tertiary/aromatic N) is 3. The fourth-order valence-corrected chi connectivity index (χ4v) is 5.20. The second-order valence-electron chi connectivity index (χ2n) is 7.10. The Hall–Kier alpha value is -2.20. The second kappa shape index (κ2) is 8.27. The molecule has 0 amide bonds. The van der Waals surface area contributed by atoms with Crippen molar-refractivity contribution in [3.8, 4) is 0 Å². The lowest BCUT2D eigenvalue weighted by molar-refractivity contribution is -0.141. The molecule has 0 radical (unpaired) electrons. The normalized spacial score (nSPS) is 15.9. The van der Waals surface area contributed by atoms with E-state index in [1.54, 1.807) is 0 Å². The predicted octanol–water partition coefficient (Wildman–Crippen LogP) is 3.74. The summed E-state index contributed by atoms with van der Waals surface area (Å²) in [6.07, 6.45) is -0.125. The van der Waals surface area contributed by atoms with Gasteiger partial charge in [0.1, 0.15) is 0 Å². The van der Waals surface area contributed by atoms with Crippen molar-refractivity contribution >= 4 is 15.8 Å². The van der Waals surface area contributed by atoms with Gasteiger partial charge in [-0.05, 0) is 38.0 Å². The molecule has 0 bridgehead atoms. The third kappa shape index (κ3) is 4.87. The minimum absolute atomic E-state index is 0.0112. The lowest BCUT2D eigenvalue weighted by atomic mass is 10.2. The molecule has 1 fully saturated rings. The Morgan fingerprint density at radius 2 is 1.79 bits per heavy atom. The van der Waals surface area contributed by atoms with Gasteiger partial charge in [-0.15, -0.1) is 0 Å². The average Bonchev–Trinajstić information content (AvgIpc) is 3.33. The van der Waals surface area contributed by atoms with Crippen molar-refractivity contribution in [3.05, 3.63) is 47.8 Å². The van der Waals surface area contributed by atoms with E-state index in [4.69, 9.17) is 0 Å². The fourth-order valence-electron chi connectivity index (χ4n) is 3.53. The maximum Gasteiger partial charge on any atom is 0.435 e. The van der Waals surface area contributed by atoms with Gasteiger partial charge in [0.05, 0.1) is 11.4 Å². The summed E-state index contributed by atoms with van der Waals surface area (Å²) in [5.74, 6) is -0.166. The maximum atomic E-state index is 13.2. The van der Waals surface area contributed by atoms with E-state index in [9.17, 15) is 26.4 Å². The van der Waals surface area contributed by atoms with Gasteiger partial charge in [-0.3, -0.25) is 9.48 Å². The summed E-state index contributed by atoms with van der Waals surface area (Å²) in [5.41, 5.74) is -0.597. The number of rotatable bonds is 7.